The Labute approximate surface area is 253 Å². The fraction of sp³-hybridized carbons (Fsp3) is 0.0833. The van der Waals surface area contributed by atoms with Gasteiger partial charge in [-0.3, -0.25) is 0 Å². The Bertz CT molecular complexity index is 1930. The number of aryl methyl sites for hydroxylation is 3. The van der Waals surface area contributed by atoms with Crippen LogP contribution in [0.5, 0.6) is 0 Å². The number of hydrogen-bond donors (Lipinski definition) is 0. The van der Waals surface area contributed by atoms with Crippen LogP contribution in [0.3, 0.4) is 0 Å². The van der Waals surface area contributed by atoms with Crippen molar-refractivity contribution in [2.45, 2.75) is 20.8 Å². The summed E-state index contributed by atoms with van der Waals surface area (Å²) in [5.74, 6) is 0. The molecule has 3 aromatic carbocycles. The maximum atomic E-state index is 6.10. The number of aromatic nitrogens is 3. The van der Waals surface area contributed by atoms with Gasteiger partial charge >= 0.3 is 0 Å². The van der Waals surface area contributed by atoms with E-state index in [0.717, 1.165) is 55.8 Å². The van der Waals surface area contributed by atoms with E-state index >= 15 is 0 Å². The van der Waals surface area contributed by atoms with Gasteiger partial charge in [0.15, 0.2) is 0 Å². The first-order valence-electron chi connectivity index (χ1n) is 13.2. The average Bonchev–Trinajstić information content (AvgIpc) is 3.36. The van der Waals surface area contributed by atoms with Crippen molar-refractivity contribution in [1.29, 1.82) is 0 Å². The number of benzene rings is 3. The summed E-state index contributed by atoms with van der Waals surface area (Å²) < 4.78 is 6.10. The average molecular weight is 710 g/mol. The first kappa shape index (κ1) is 28.1. The Morgan fingerprint density at radius 1 is 0.634 bits per heavy atom. The molecule has 0 aliphatic heterocycles. The third-order valence-corrected chi connectivity index (χ3v) is 6.71. The summed E-state index contributed by atoms with van der Waals surface area (Å²) in [4.78, 5) is 13.5. The second-order valence-electron chi connectivity index (χ2n) is 9.74. The Morgan fingerprint density at radius 3 is 2.24 bits per heavy atom. The van der Waals surface area contributed by atoms with Crippen molar-refractivity contribution < 1.29 is 24.5 Å². The molecule has 1 radical (unpaired) electrons. The summed E-state index contributed by atoms with van der Waals surface area (Å²) in [5, 5.41) is 2.05. The first-order valence-corrected chi connectivity index (χ1v) is 13.2. The summed E-state index contributed by atoms with van der Waals surface area (Å²) in [7, 11) is 0. The van der Waals surface area contributed by atoms with E-state index in [0.29, 0.717) is 5.71 Å². The van der Waals surface area contributed by atoms with Crippen LogP contribution in [-0.2, 0) is 20.1 Å². The van der Waals surface area contributed by atoms with Gasteiger partial charge < -0.3 is 14.4 Å². The third-order valence-electron chi connectivity index (χ3n) is 6.71. The fourth-order valence-corrected chi connectivity index (χ4v) is 4.64. The smallest absolute Gasteiger partial charge is 0.216 e. The van der Waals surface area contributed by atoms with Gasteiger partial charge in [0.2, 0.25) is 5.71 Å². The summed E-state index contributed by atoms with van der Waals surface area (Å²) >= 11 is 0. The fourth-order valence-electron chi connectivity index (χ4n) is 4.64. The molecule has 7 rings (SSSR count). The van der Waals surface area contributed by atoms with Crippen molar-refractivity contribution in [3.63, 3.8) is 0 Å². The molecule has 0 saturated carbocycles. The zero-order chi connectivity index (χ0) is 27.5. The first-order chi connectivity index (χ1) is 19.5. The maximum absolute atomic E-state index is 6.10. The summed E-state index contributed by atoms with van der Waals surface area (Å²) in [6.45, 7) is 6.05. The molecular weight excluding hydrogens is 683 g/mol. The standard InChI is InChI=1S/C24H17N2O.C12H10N.Ir/c1-15-6-9-17(10-7-15)18-12-13-25-22(14-18)21-5-3-4-19-20-11-8-16(2)26-24(20)27-23(19)21;1-10-6-5-9-12(13-10)11-7-3-2-4-8-11;/h3-4,6-14H,1-2H3;2-7,9H,1H3;/q2*-1;. The third kappa shape index (κ3) is 6.17. The molecule has 5 heteroatoms. The molecule has 0 atom stereocenters. The molecular formula is C36H27IrN3O-2. The van der Waals surface area contributed by atoms with Gasteiger partial charge in [-0.25, -0.2) is 4.98 Å². The number of nitrogens with zero attached hydrogens (tertiary/aromatic N) is 3. The number of pyridine rings is 3. The molecule has 4 heterocycles. The summed E-state index contributed by atoms with van der Waals surface area (Å²) in [6, 6.07) is 41.0. The van der Waals surface area contributed by atoms with Crippen LogP contribution >= 0.6 is 0 Å². The van der Waals surface area contributed by atoms with Gasteiger partial charge in [-0.2, -0.15) is 0 Å². The van der Waals surface area contributed by atoms with Crippen LogP contribution < -0.4 is 0 Å². The van der Waals surface area contributed by atoms with Crippen LogP contribution in [0.4, 0.5) is 0 Å². The van der Waals surface area contributed by atoms with Gasteiger partial charge in [0.05, 0.1) is 5.58 Å². The van der Waals surface area contributed by atoms with Crippen molar-refractivity contribution in [2.75, 3.05) is 0 Å². The molecule has 203 valence electrons. The van der Waals surface area contributed by atoms with Gasteiger partial charge in [0.1, 0.15) is 0 Å². The van der Waals surface area contributed by atoms with Crippen molar-refractivity contribution in [3.8, 4) is 33.6 Å². The molecule has 0 fully saturated rings. The van der Waals surface area contributed by atoms with Crippen molar-refractivity contribution >= 4 is 22.1 Å². The zero-order valence-corrected chi connectivity index (χ0v) is 25.4. The minimum Gasteiger partial charge on any atom is -0.486 e. The Kier molecular flexibility index (Phi) is 8.49. The van der Waals surface area contributed by atoms with Gasteiger partial charge in [0.25, 0.3) is 0 Å². The zero-order valence-electron chi connectivity index (χ0n) is 23.0. The van der Waals surface area contributed by atoms with E-state index in [1.165, 1.54) is 11.1 Å². The molecule has 0 aliphatic carbocycles. The SMILES string of the molecule is Cc1ccc(-c2ccnc(-c3[c-]ccc4c3oc3nc(C)ccc34)c2)cc1.Cc1cccc(-c2[c-]cccc2)n1.[Ir]. The van der Waals surface area contributed by atoms with E-state index in [9.17, 15) is 0 Å². The number of furan rings is 1. The van der Waals surface area contributed by atoms with Crippen molar-refractivity contribution in [2.24, 2.45) is 0 Å². The molecule has 7 aromatic rings. The topological polar surface area (TPSA) is 51.8 Å². The normalized spacial score (nSPS) is 10.6. The van der Waals surface area contributed by atoms with E-state index in [1.54, 1.807) is 0 Å². The van der Waals surface area contributed by atoms with E-state index < -0.39 is 0 Å². The van der Waals surface area contributed by atoms with Crippen LogP contribution in [0.1, 0.15) is 17.0 Å². The van der Waals surface area contributed by atoms with Crippen molar-refractivity contribution in [1.82, 2.24) is 15.0 Å². The van der Waals surface area contributed by atoms with Crippen LogP contribution in [-0.4, -0.2) is 15.0 Å². The van der Waals surface area contributed by atoms with E-state index in [-0.39, 0.29) is 20.1 Å². The molecule has 0 spiro atoms. The number of rotatable bonds is 3. The van der Waals surface area contributed by atoms with Gasteiger partial charge in [-0.1, -0.05) is 59.0 Å². The molecule has 0 unspecified atom stereocenters. The van der Waals surface area contributed by atoms with Crippen molar-refractivity contribution in [3.05, 3.63) is 138 Å². The summed E-state index contributed by atoms with van der Waals surface area (Å²) in [6.07, 6.45) is 1.84. The predicted molar refractivity (Wildman–Crippen MR) is 162 cm³/mol. The second kappa shape index (κ2) is 12.4. The maximum Gasteiger partial charge on any atom is 0.216 e. The largest absolute Gasteiger partial charge is 0.486 e. The minimum absolute atomic E-state index is 0. The molecule has 4 nitrogen and oxygen atoms in total. The monoisotopic (exact) mass is 710 g/mol. The Morgan fingerprint density at radius 2 is 1.46 bits per heavy atom. The number of hydrogen-bond acceptors (Lipinski definition) is 4. The Balaban J connectivity index is 0.000000204. The second-order valence-corrected chi connectivity index (χ2v) is 9.74. The van der Waals surface area contributed by atoms with E-state index in [2.05, 4.69) is 70.4 Å². The minimum atomic E-state index is 0. The van der Waals surface area contributed by atoms with Crippen LogP contribution in [0, 0.1) is 32.9 Å². The van der Waals surface area contributed by atoms with Gasteiger partial charge in [-0.05, 0) is 67.6 Å². The van der Waals surface area contributed by atoms with Crippen LogP contribution in [0.2, 0.25) is 0 Å². The Hall–Kier alpha value is -4.44. The molecule has 41 heavy (non-hydrogen) atoms. The molecule has 0 amide bonds. The summed E-state index contributed by atoms with van der Waals surface area (Å²) in [5.41, 5.74) is 10.7. The quantitative estimate of drug-likeness (QED) is 0.172. The molecule has 0 N–H and O–H groups in total. The van der Waals surface area contributed by atoms with Crippen LogP contribution in [0.25, 0.3) is 55.7 Å². The predicted octanol–water partition coefficient (Wildman–Crippen LogP) is 8.98. The van der Waals surface area contributed by atoms with E-state index in [1.807, 2.05) is 86.8 Å². The molecule has 4 aromatic heterocycles. The molecule has 0 bridgehead atoms. The van der Waals surface area contributed by atoms with E-state index in [4.69, 9.17) is 4.42 Å². The van der Waals surface area contributed by atoms with Crippen LogP contribution in [0.15, 0.2) is 114 Å². The number of fused-ring (bicyclic) bond motifs is 3. The molecule has 0 saturated heterocycles. The van der Waals surface area contributed by atoms with Gasteiger partial charge in [-0.15, -0.1) is 54.1 Å². The van der Waals surface area contributed by atoms with Gasteiger partial charge in [0, 0.05) is 43.1 Å². The molecule has 0 aliphatic rings.